The molecule has 0 aliphatic heterocycles. The Morgan fingerprint density at radius 1 is 1.80 bits per heavy atom. The van der Waals surface area contributed by atoms with Crippen molar-refractivity contribution in [3.63, 3.8) is 0 Å². The fraction of sp³-hybridized carbons (Fsp3) is 0.167. The number of hydrogen-bond acceptors (Lipinski definition) is 3. The Morgan fingerprint density at radius 3 is 3.20 bits per heavy atom. The summed E-state index contributed by atoms with van der Waals surface area (Å²) in [7, 11) is 0. The first-order valence-electron chi connectivity index (χ1n) is 2.88. The van der Waals surface area contributed by atoms with Crippen LogP contribution in [0.15, 0.2) is 17.5 Å². The lowest BCUT2D eigenvalue weighted by Gasteiger charge is -1.89. The van der Waals surface area contributed by atoms with Gasteiger partial charge in [0.2, 0.25) is 0 Å². The van der Waals surface area contributed by atoms with Crippen molar-refractivity contribution < 1.29 is 0 Å². The Balaban J connectivity index is 3.00. The standard InChI is InChI=1S/C6H8N4/c1-3-4-6-9-8-5-10(6)7-2/h3-5H,2H2,1H3/b4-3-. The zero-order valence-corrected chi connectivity index (χ0v) is 5.73. The van der Waals surface area contributed by atoms with Gasteiger partial charge in [-0.3, -0.25) is 0 Å². The van der Waals surface area contributed by atoms with Crippen molar-refractivity contribution in [2.75, 3.05) is 0 Å². The predicted octanol–water partition coefficient (Wildman–Crippen LogP) is 0.775. The third kappa shape index (κ3) is 1.10. The molecule has 1 aromatic heterocycles. The van der Waals surface area contributed by atoms with Gasteiger partial charge in [-0.05, 0) is 13.0 Å². The summed E-state index contributed by atoms with van der Waals surface area (Å²) < 4.78 is 1.50. The van der Waals surface area contributed by atoms with Crippen LogP contribution in [0.1, 0.15) is 12.7 Å². The molecule has 0 aliphatic rings. The predicted molar refractivity (Wildman–Crippen MR) is 39.7 cm³/mol. The van der Waals surface area contributed by atoms with Gasteiger partial charge in [-0.15, -0.1) is 10.2 Å². The molecule has 0 aliphatic carbocycles. The molecule has 0 atom stereocenters. The van der Waals surface area contributed by atoms with Crippen LogP contribution in [0.5, 0.6) is 0 Å². The molecule has 1 heterocycles. The highest BCUT2D eigenvalue weighted by atomic mass is 15.4. The minimum absolute atomic E-state index is 0.692. The molecule has 0 aromatic carbocycles. The average Bonchev–Trinajstić information content (AvgIpc) is 2.36. The molecule has 10 heavy (non-hydrogen) atoms. The Hall–Kier alpha value is -1.45. The van der Waals surface area contributed by atoms with Crippen molar-refractivity contribution in [2.45, 2.75) is 6.92 Å². The van der Waals surface area contributed by atoms with Gasteiger partial charge in [0.1, 0.15) is 6.33 Å². The Morgan fingerprint density at radius 2 is 2.60 bits per heavy atom. The van der Waals surface area contributed by atoms with Gasteiger partial charge in [-0.2, -0.15) is 5.10 Å². The van der Waals surface area contributed by atoms with Crippen LogP contribution in [0, 0.1) is 0 Å². The Labute approximate surface area is 58.9 Å². The summed E-state index contributed by atoms with van der Waals surface area (Å²) in [5.74, 6) is 0.692. The van der Waals surface area contributed by atoms with E-state index in [2.05, 4.69) is 22.0 Å². The molecule has 0 saturated heterocycles. The highest BCUT2D eigenvalue weighted by molar-refractivity contribution is 5.39. The van der Waals surface area contributed by atoms with Gasteiger partial charge in [-0.25, -0.2) is 4.68 Å². The Kier molecular flexibility index (Phi) is 1.94. The second-order valence-corrected chi connectivity index (χ2v) is 1.68. The SMILES string of the molecule is C=Nn1cnnc1/C=C\C. The summed E-state index contributed by atoms with van der Waals surface area (Å²) in [6, 6.07) is 0. The van der Waals surface area contributed by atoms with Crippen molar-refractivity contribution >= 4 is 12.8 Å². The van der Waals surface area contributed by atoms with Crippen LogP contribution >= 0.6 is 0 Å². The van der Waals surface area contributed by atoms with E-state index < -0.39 is 0 Å². The van der Waals surface area contributed by atoms with Crippen molar-refractivity contribution in [2.24, 2.45) is 5.10 Å². The van der Waals surface area contributed by atoms with Gasteiger partial charge in [0.15, 0.2) is 5.82 Å². The smallest absolute Gasteiger partial charge is 0.177 e. The van der Waals surface area contributed by atoms with Gasteiger partial charge in [0.05, 0.1) is 0 Å². The highest BCUT2D eigenvalue weighted by Crippen LogP contribution is 1.95. The zero-order chi connectivity index (χ0) is 7.40. The summed E-state index contributed by atoms with van der Waals surface area (Å²) in [5.41, 5.74) is 0. The first-order chi connectivity index (χ1) is 4.88. The lowest BCUT2D eigenvalue weighted by molar-refractivity contribution is 0.869. The van der Waals surface area contributed by atoms with Gasteiger partial charge >= 0.3 is 0 Å². The van der Waals surface area contributed by atoms with Crippen LogP contribution in [0.4, 0.5) is 0 Å². The number of aromatic nitrogens is 3. The van der Waals surface area contributed by atoms with Crippen molar-refractivity contribution in [3.05, 3.63) is 18.2 Å². The van der Waals surface area contributed by atoms with E-state index in [4.69, 9.17) is 0 Å². The molecule has 0 N–H and O–H groups in total. The second kappa shape index (κ2) is 2.91. The minimum atomic E-state index is 0.692. The molecule has 4 nitrogen and oxygen atoms in total. The number of hydrogen-bond donors (Lipinski definition) is 0. The van der Waals surface area contributed by atoms with Crippen LogP contribution in [-0.2, 0) is 0 Å². The maximum atomic E-state index is 3.77. The molecule has 0 saturated carbocycles. The molecular formula is C6H8N4. The van der Waals surface area contributed by atoms with Gasteiger partial charge in [-0.1, -0.05) is 6.08 Å². The first-order valence-corrected chi connectivity index (χ1v) is 2.88. The maximum Gasteiger partial charge on any atom is 0.177 e. The molecular weight excluding hydrogens is 128 g/mol. The van der Waals surface area contributed by atoms with E-state index >= 15 is 0 Å². The molecule has 0 amide bonds. The van der Waals surface area contributed by atoms with E-state index in [1.165, 1.54) is 11.0 Å². The number of nitrogens with zero attached hydrogens (tertiary/aromatic N) is 4. The fourth-order valence-corrected chi connectivity index (χ4v) is 0.607. The molecule has 1 rings (SSSR count). The van der Waals surface area contributed by atoms with Crippen LogP contribution < -0.4 is 0 Å². The molecule has 1 aromatic rings. The molecule has 0 fully saturated rings. The normalized spacial score (nSPS) is 10.5. The molecule has 52 valence electrons. The number of allylic oxidation sites excluding steroid dienone is 1. The van der Waals surface area contributed by atoms with Crippen molar-refractivity contribution in [3.8, 4) is 0 Å². The van der Waals surface area contributed by atoms with E-state index in [0.29, 0.717) is 5.82 Å². The largest absolute Gasteiger partial charge is 0.201 e. The molecule has 0 unspecified atom stereocenters. The van der Waals surface area contributed by atoms with E-state index in [1.54, 1.807) is 0 Å². The van der Waals surface area contributed by atoms with E-state index in [0.717, 1.165) is 0 Å². The summed E-state index contributed by atoms with van der Waals surface area (Å²) in [5, 5.41) is 11.0. The summed E-state index contributed by atoms with van der Waals surface area (Å²) >= 11 is 0. The quantitative estimate of drug-likeness (QED) is 0.564. The van der Waals surface area contributed by atoms with Crippen LogP contribution in [0.3, 0.4) is 0 Å². The van der Waals surface area contributed by atoms with E-state index in [1.807, 2.05) is 19.1 Å². The van der Waals surface area contributed by atoms with E-state index in [-0.39, 0.29) is 0 Å². The maximum absolute atomic E-state index is 3.77. The lowest BCUT2D eigenvalue weighted by Crippen LogP contribution is -1.87. The molecule has 0 radical (unpaired) electrons. The van der Waals surface area contributed by atoms with E-state index in [9.17, 15) is 0 Å². The van der Waals surface area contributed by atoms with Crippen LogP contribution in [0.25, 0.3) is 6.08 Å². The van der Waals surface area contributed by atoms with Gasteiger partial charge in [0, 0.05) is 6.72 Å². The van der Waals surface area contributed by atoms with Gasteiger partial charge < -0.3 is 0 Å². The van der Waals surface area contributed by atoms with Crippen molar-refractivity contribution in [1.29, 1.82) is 0 Å². The second-order valence-electron chi connectivity index (χ2n) is 1.68. The average molecular weight is 136 g/mol. The van der Waals surface area contributed by atoms with Crippen LogP contribution in [-0.4, -0.2) is 21.6 Å². The fourth-order valence-electron chi connectivity index (χ4n) is 0.607. The summed E-state index contributed by atoms with van der Waals surface area (Å²) in [6.45, 7) is 5.25. The topological polar surface area (TPSA) is 43.1 Å². The minimum Gasteiger partial charge on any atom is -0.201 e. The molecule has 4 heteroatoms. The lowest BCUT2D eigenvalue weighted by atomic mass is 10.5. The van der Waals surface area contributed by atoms with Gasteiger partial charge in [0.25, 0.3) is 0 Å². The third-order valence-corrected chi connectivity index (χ3v) is 1.02. The summed E-state index contributed by atoms with van der Waals surface area (Å²) in [4.78, 5) is 0. The monoisotopic (exact) mass is 136 g/mol. The molecule has 0 spiro atoms. The highest BCUT2D eigenvalue weighted by Gasteiger charge is 1.93. The zero-order valence-electron chi connectivity index (χ0n) is 5.73. The third-order valence-electron chi connectivity index (χ3n) is 1.02. The number of rotatable bonds is 2. The summed E-state index contributed by atoms with van der Waals surface area (Å²) in [6.07, 6.45) is 5.18. The Bertz CT molecular complexity index is 248. The van der Waals surface area contributed by atoms with Crippen molar-refractivity contribution in [1.82, 2.24) is 14.9 Å². The van der Waals surface area contributed by atoms with Crippen LogP contribution in [0.2, 0.25) is 0 Å². The first kappa shape index (κ1) is 6.67. The molecule has 0 bridgehead atoms.